The van der Waals surface area contributed by atoms with Crippen LogP contribution in [-0.4, -0.2) is 59.0 Å². The van der Waals surface area contributed by atoms with Gasteiger partial charge in [0.25, 0.3) is 5.91 Å². The number of hydrogen-bond donors (Lipinski definition) is 1. The Morgan fingerprint density at radius 3 is 2.47 bits per heavy atom. The van der Waals surface area contributed by atoms with Gasteiger partial charge in [-0.1, -0.05) is 6.07 Å². The van der Waals surface area contributed by atoms with Gasteiger partial charge in [0, 0.05) is 49.8 Å². The van der Waals surface area contributed by atoms with Gasteiger partial charge < -0.3 is 19.9 Å². The Morgan fingerprint density at radius 1 is 1.03 bits per heavy atom. The number of anilines is 3. The van der Waals surface area contributed by atoms with Gasteiger partial charge in [-0.2, -0.15) is 4.98 Å². The average molecular weight is 404 g/mol. The molecule has 0 unspecified atom stereocenters. The lowest BCUT2D eigenvalue weighted by atomic mass is 10.2. The van der Waals surface area contributed by atoms with Gasteiger partial charge >= 0.3 is 0 Å². The number of piperazine rings is 1. The molecule has 0 radical (unpaired) electrons. The summed E-state index contributed by atoms with van der Waals surface area (Å²) in [5, 5.41) is 3.32. The van der Waals surface area contributed by atoms with Crippen LogP contribution in [0.1, 0.15) is 16.2 Å². The molecule has 1 aromatic carbocycles. The molecule has 1 N–H and O–H groups in total. The number of aryl methyl sites for hydroxylation is 1. The molecule has 3 heterocycles. The van der Waals surface area contributed by atoms with E-state index >= 15 is 0 Å². The van der Waals surface area contributed by atoms with Crippen molar-refractivity contribution in [3.63, 3.8) is 0 Å². The summed E-state index contributed by atoms with van der Waals surface area (Å²) in [6, 6.07) is 15.0. The van der Waals surface area contributed by atoms with Crippen LogP contribution in [0.15, 0.2) is 54.7 Å². The summed E-state index contributed by atoms with van der Waals surface area (Å²) in [6.45, 7) is 4.50. The van der Waals surface area contributed by atoms with E-state index in [4.69, 9.17) is 4.74 Å². The van der Waals surface area contributed by atoms with Crippen LogP contribution in [0, 0.1) is 6.92 Å². The van der Waals surface area contributed by atoms with E-state index in [1.807, 2.05) is 48.2 Å². The third-order valence-electron chi connectivity index (χ3n) is 4.94. The van der Waals surface area contributed by atoms with Crippen molar-refractivity contribution in [2.24, 2.45) is 0 Å². The van der Waals surface area contributed by atoms with Crippen LogP contribution in [0.3, 0.4) is 0 Å². The Bertz CT molecular complexity index is 1000. The SMILES string of the molecule is COc1ccc(Nc2cc(C)nc(N3CCN(C(=O)c4ccccn4)CC3)n2)cc1. The van der Waals surface area contributed by atoms with Gasteiger partial charge in [0.1, 0.15) is 17.3 Å². The van der Waals surface area contributed by atoms with E-state index in [1.54, 1.807) is 25.4 Å². The number of benzene rings is 1. The van der Waals surface area contributed by atoms with Crippen LogP contribution in [0.25, 0.3) is 0 Å². The Balaban J connectivity index is 1.42. The van der Waals surface area contributed by atoms with Crippen LogP contribution >= 0.6 is 0 Å². The number of hydrogen-bond acceptors (Lipinski definition) is 7. The predicted octanol–water partition coefficient (Wildman–Crippen LogP) is 2.89. The molecule has 0 aliphatic carbocycles. The summed E-state index contributed by atoms with van der Waals surface area (Å²) in [4.78, 5) is 30.0. The lowest BCUT2D eigenvalue weighted by Gasteiger charge is -2.34. The number of aromatic nitrogens is 3. The fourth-order valence-electron chi connectivity index (χ4n) is 3.34. The van der Waals surface area contributed by atoms with Crippen molar-refractivity contribution < 1.29 is 9.53 Å². The maximum absolute atomic E-state index is 12.6. The summed E-state index contributed by atoms with van der Waals surface area (Å²) in [5.74, 6) is 2.16. The number of amides is 1. The zero-order chi connectivity index (χ0) is 20.9. The topological polar surface area (TPSA) is 83.5 Å². The molecule has 0 bridgehead atoms. The monoisotopic (exact) mass is 404 g/mol. The van der Waals surface area contributed by atoms with Crippen LogP contribution in [0.2, 0.25) is 0 Å². The van der Waals surface area contributed by atoms with E-state index < -0.39 is 0 Å². The summed E-state index contributed by atoms with van der Waals surface area (Å²) >= 11 is 0. The van der Waals surface area contributed by atoms with Gasteiger partial charge in [0.2, 0.25) is 5.95 Å². The van der Waals surface area contributed by atoms with Gasteiger partial charge in [-0.05, 0) is 43.3 Å². The van der Waals surface area contributed by atoms with E-state index in [1.165, 1.54) is 0 Å². The van der Waals surface area contributed by atoms with Gasteiger partial charge in [-0.15, -0.1) is 0 Å². The van der Waals surface area contributed by atoms with E-state index in [0.717, 1.165) is 22.9 Å². The minimum atomic E-state index is -0.0396. The number of pyridine rings is 1. The first kappa shape index (κ1) is 19.6. The molecule has 1 saturated heterocycles. The molecule has 0 saturated carbocycles. The van der Waals surface area contributed by atoms with E-state index in [-0.39, 0.29) is 5.91 Å². The summed E-state index contributed by atoms with van der Waals surface area (Å²) < 4.78 is 5.20. The molecular formula is C22H24N6O2. The normalized spacial score (nSPS) is 13.8. The lowest BCUT2D eigenvalue weighted by molar-refractivity contribution is 0.0740. The minimum Gasteiger partial charge on any atom is -0.497 e. The minimum absolute atomic E-state index is 0.0396. The Morgan fingerprint density at radius 2 is 1.80 bits per heavy atom. The summed E-state index contributed by atoms with van der Waals surface area (Å²) in [6.07, 6.45) is 1.64. The molecule has 8 nitrogen and oxygen atoms in total. The average Bonchev–Trinajstić information content (AvgIpc) is 2.79. The molecule has 1 amide bonds. The molecule has 2 aromatic heterocycles. The predicted molar refractivity (Wildman–Crippen MR) is 115 cm³/mol. The van der Waals surface area contributed by atoms with Crippen molar-refractivity contribution in [1.82, 2.24) is 19.9 Å². The van der Waals surface area contributed by atoms with Gasteiger partial charge in [-0.3, -0.25) is 9.78 Å². The molecular weight excluding hydrogens is 380 g/mol. The van der Waals surface area contributed by atoms with Gasteiger partial charge in [-0.25, -0.2) is 4.98 Å². The second-order valence-corrected chi connectivity index (χ2v) is 7.04. The smallest absolute Gasteiger partial charge is 0.272 e. The van der Waals surface area contributed by atoms with E-state index in [9.17, 15) is 4.79 Å². The van der Waals surface area contributed by atoms with Crippen molar-refractivity contribution in [1.29, 1.82) is 0 Å². The maximum Gasteiger partial charge on any atom is 0.272 e. The zero-order valence-electron chi connectivity index (χ0n) is 17.1. The second-order valence-electron chi connectivity index (χ2n) is 7.04. The molecule has 1 fully saturated rings. The fraction of sp³-hybridized carbons (Fsp3) is 0.273. The number of methoxy groups -OCH3 is 1. The molecule has 0 atom stereocenters. The Kier molecular flexibility index (Phi) is 5.74. The molecule has 0 spiro atoms. The molecule has 1 aliphatic rings. The van der Waals surface area contributed by atoms with Gasteiger partial charge in [0.05, 0.1) is 7.11 Å². The third-order valence-corrected chi connectivity index (χ3v) is 4.94. The molecule has 3 aromatic rings. The van der Waals surface area contributed by atoms with Crippen LogP contribution in [0.5, 0.6) is 5.75 Å². The molecule has 1 aliphatic heterocycles. The first-order chi connectivity index (χ1) is 14.6. The van der Waals surface area contributed by atoms with E-state index in [2.05, 4.69) is 25.2 Å². The number of rotatable bonds is 5. The highest BCUT2D eigenvalue weighted by Gasteiger charge is 2.24. The van der Waals surface area contributed by atoms with Crippen molar-refractivity contribution in [2.75, 3.05) is 43.5 Å². The van der Waals surface area contributed by atoms with Crippen LogP contribution < -0.4 is 15.0 Å². The highest BCUT2D eigenvalue weighted by Crippen LogP contribution is 2.21. The largest absolute Gasteiger partial charge is 0.497 e. The molecule has 8 heteroatoms. The number of nitrogens with zero attached hydrogens (tertiary/aromatic N) is 5. The fourth-order valence-corrected chi connectivity index (χ4v) is 3.34. The molecule has 4 rings (SSSR count). The van der Waals surface area contributed by atoms with E-state index in [0.29, 0.717) is 37.8 Å². The van der Waals surface area contributed by atoms with Crippen molar-refractivity contribution in [3.8, 4) is 5.75 Å². The highest BCUT2D eigenvalue weighted by atomic mass is 16.5. The number of ether oxygens (including phenoxy) is 1. The van der Waals surface area contributed by atoms with Crippen molar-refractivity contribution in [3.05, 3.63) is 66.1 Å². The standard InChI is InChI=1S/C22H24N6O2/c1-16-15-20(25-17-6-8-18(30-2)9-7-17)26-22(24-16)28-13-11-27(12-14-28)21(29)19-5-3-4-10-23-19/h3-10,15H,11-14H2,1-2H3,(H,24,25,26). The quantitative estimate of drug-likeness (QED) is 0.700. The summed E-state index contributed by atoms with van der Waals surface area (Å²) in [5.41, 5.74) is 2.28. The Labute approximate surface area is 175 Å². The molecule has 30 heavy (non-hydrogen) atoms. The van der Waals surface area contributed by atoms with Crippen LogP contribution in [-0.2, 0) is 0 Å². The highest BCUT2D eigenvalue weighted by molar-refractivity contribution is 5.92. The zero-order valence-corrected chi connectivity index (χ0v) is 17.1. The lowest BCUT2D eigenvalue weighted by Crippen LogP contribution is -2.49. The number of carbonyl (C=O) groups is 1. The van der Waals surface area contributed by atoms with Crippen LogP contribution in [0.4, 0.5) is 17.5 Å². The number of carbonyl (C=O) groups excluding carboxylic acids is 1. The first-order valence-electron chi connectivity index (χ1n) is 9.84. The second kappa shape index (κ2) is 8.77. The van der Waals surface area contributed by atoms with Gasteiger partial charge in [0.15, 0.2) is 0 Å². The van der Waals surface area contributed by atoms with Crippen molar-refractivity contribution >= 4 is 23.4 Å². The number of nitrogens with one attached hydrogen (secondary N) is 1. The first-order valence-corrected chi connectivity index (χ1v) is 9.84. The molecule has 154 valence electrons. The third kappa shape index (κ3) is 4.48. The van der Waals surface area contributed by atoms with Crippen molar-refractivity contribution in [2.45, 2.75) is 6.92 Å². The summed E-state index contributed by atoms with van der Waals surface area (Å²) in [7, 11) is 1.65. The Hall–Kier alpha value is -3.68. The maximum atomic E-state index is 12.6.